The summed E-state index contributed by atoms with van der Waals surface area (Å²) in [7, 11) is 0. The molecule has 4 aromatic rings. The molecule has 0 aliphatic heterocycles. The van der Waals surface area contributed by atoms with Gasteiger partial charge in [0.05, 0.1) is 0 Å². The van der Waals surface area contributed by atoms with E-state index < -0.39 is 0 Å². The van der Waals surface area contributed by atoms with Crippen molar-refractivity contribution >= 4 is 23.4 Å². The summed E-state index contributed by atoms with van der Waals surface area (Å²) in [6, 6.07) is 24.3. The molecule has 0 spiro atoms. The second kappa shape index (κ2) is 8.59. The van der Waals surface area contributed by atoms with E-state index in [1.165, 1.54) is 12.1 Å². The van der Waals surface area contributed by atoms with E-state index in [4.69, 9.17) is 11.6 Å². The van der Waals surface area contributed by atoms with Crippen molar-refractivity contribution in [2.75, 3.05) is 0 Å². The van der Waals surface area contributed by atoms with Gasteiger partial charge in [-0.1, -0.05) is 65.8 Å². The molecule has 1 aromatic heterocycles. The average Bonchev–Trinajstić information content (AvgIpc) is 3.10. The van der Waals surface area contributed by atoms with Gasteiger partial charge in [0.2, 0.25) is 0 Å². The topological polar surface area (TPSA) is 30.7 Å². The van der Waals surface area contributed by atoms with Crippen LogP contribution in [0.2, 0.25) is 5.02 Å². The summed E-state index contributed by atoms with van der Waals surface area (Å²) in [6.07, 6.45) is 0.642. The van der Waals surface area contributed by atoms with Crippen molar-refractivity contribution in [3.63, 3.8) is 0 Å². The van der Waals surface area contributed by atoms with Crippen molar-refractivity contribution in [1.29, 1.82) is 0 Å². The quantitative estimate of drug-likeness (QED) is 0.369. The van der Waals surface area contributed by atoms with Crippen LogP contribution in [0.1, 0.15) is 17.0 Å². The first-order valence-electron chi connectivity index (χ1n) is 8.80. The van der Waals surface area contributed by atoms with Crippen LogP contribution < -0.4 is 0 Å². The maximum Gasteiger partial charge on any atom is 0.196 e. The Kier molecular flexibility index (Phi) is 5.74. The predicted octanol–water partition coefficient (Wildman–Crippen LogP) is 5.94. The van der Waals surface area contributed by atoms with Gasteiger partial charge in [-0.05, 0) is 47.5 Å². The van der Waals surface area contributed by atoms with Gasteiger partial charge in [0.1, 0.15) is 11.6 Å². The van der Waals surface area contributed by atoms with E-state index in [9.17, 15) is 4.39 Å². The first-order valence-corrected chi connectivity index (χ1v) is 10.2. The second-order valence-corrected chi connectivity index (χ2v) is 7.67. The average molecular weight is 410 g/mol. The van der Waals surface area contributed by atoms with E-state index in [-0.39, 0.29) is 5.82 Å². The number of halogens is 2. The molecule has 0 radical (unpaired) electrons. The zero-order valence-corrected chi connectivity index (χ0v) is 16.5. The maximum atomic E-state index is 13.4. The lowest BCUT2D eigenvalue weighted by Gasteiger charge is -2.10. The Hall–Kier alpha value is -2.63. The fraction of sp³-hybridized carbons (Fsp3) is 0.0909. The smallest absolute Gasteiger partial charge is 0.196 e. The lowest BCUT2D eigenvalue weighted by atomic mass is 10.1. The molecule has 0 saturated heterocycles. The van der Waals surface area contributed by atoms with Crippen molar-refractivity contribution in [3.05, 3.63) is 107 Å². The van der Waals surface area contributed by atoms with E-state index >= 15 is 0 Å². The summed E-state index contributed by atoms with van der Waals surface area (Å²) in [5.74, 6) is 1.26. The third-order valence-electron chi connectivity index (χ3n) is 4.25. The zero-order chi connectivity index (χ0) is 19.3. The molecule has 140 valence electrons. The monoisotopic (exact) mass is 409 g/mol. The van der Waals surface area contributed by atoms with Crippen LogP contribution in [0.5, 0.6) is 0 Å². The molecule has 0 unspecified atom stereocenters. The fourth-order valence-electron chi connectivity index (χ4n) is 2.91. The van der Waals surface area contributed by atoms with Gasteiger partial charge >= 0.3 is 0 Å². The summed E-state index contributed by atoms with van der Waals surface area (Å²) < 4.78 is 15.4. The van der Waals surface area contributed by atoms with Gasteiger partial charge in [-0.2, -0.15) is 0 Å². The van der Waals surface area contributed by atoms with Gasteiger partial charge in [-0.15, -0.1) is 10.2 Å². The molecular weight excluding hydrogens is 393 g/mol. The van der Waals surface area contributed by atoms with Crippen LogP contribution in [-0.2, 0) is 12.2 Å². The molecule has 6 heteroatoms. The van der Waals surface area contributed by atoms with Crippen LogP contribution in [0.25, 0.3) is 5.69 Å². The summed E-state index contributed by atoms with van der Waals surface area (Å²) >= 11 is 7.66. The summed E-state index contributed by atoms with van der Waals surface area (Å²) in [4.78, 5) is 0. The highest BCUT2D eigenvalue weighted by molar-refractivity contribution is 7.98. The molecule has 0 bridgehead atoms. The number of benzene rings is 3. The zero-order valence-electron chi connectivity index (χ0n) is 14.9. The van der Waals surface area contributed by atoms with E-state index in [0.29, 0.717) is 17.2 Å². The van der Waals surface area contributed by atoms with Crippen LogP contribution in [0, 0.1) is 5.82 Å². The van der Waals surface area contributed by atoms with Gasteiger partial charge in [0, 0.05) is 22.9 Å². The van der Waals surface area contributed by atoms with Crippen LogP contribution in [0.15, 0.2) is 84.0 Å². The highest BCUT2D eigenvalue weighted by Crippen LogP contribution is 2.27. The number of thioether (sulfide) groups is 1. The molecule has 0 aliphatic rings. The molecule has 28 heavy (non-hydrogen) atoms. The van der Waals surface area contributed by atoms with E-state index in [1.807, 2.05) is 47.0 Å². The number of hydrogen-bond acceptors (Lipinski definition) is 3. The largest absolute Gasteiger partial charge is 0.274 e. The SMILES string of the molecule is Fc1ccc(-n2c(Cc3ccccc3)nnc2SCc2cccc(Cl)c2)cc1. The summed E-state index contributed by atoms with van der Waals surface area (Å²) in [5.41, 5.74) is 3.09. The number of nitrogens with zero attached hydrogens (tertiary/aromatic N) is 3. The first kappa shape index (κ1) is 18.7. The van der Waals surface area contributed by atoms with Gasteiger partial charge in [-0.25, -0.2) is 4.39 Å². The Morgan fingerprint density at radius 1 is 0.857 bits per heavy atom. The standard InChI is InChI=1S/C22H17ClFN3S/c23-18-8-4-7-17(13-18)15-28-22-26-25-21(14-16-5-2-1-3-6-16)27(22)20-11-9-19(24)10-12-20/h1-13H,14-15H2. The Morgan fingerprint density at radius 2 is 1.61 bits per heavy atom. The number of rotatable bonds is 6. The van der Waals surface area contributed by atoms with Crippen molar-refractivity contribution in [2.24, 2.45) is 0 Å². The van der Waals surface area contributed by atoms with Crippen molar-refractivity contribution in [2.45, 2.75) is 17.3 Å². The number of hydrogen-bond donors (Lipinski definition) is 0. The highest BCUT2D eigenvalue weighted by Gasteiger charge is 2.15. The molecule has 0 amide bonds. The van der Waals surface area contributed by atoms with Crippen LogP contribution >= 0.6 is 23.4 Å². The maximum absolute atomic E-state index is 13.4. The minimum Gasteiger partial charge on any atom is -0.274 e. The van der Waals surface area contributed by atoms with Crippen molar-refractivity contribution in [1.82, 2.24) is 14.8 Å². The minimum absolute atomic E-state index is 0.269. The molecule has 0 saturated carbocycles. The van der Waals surface area contributed by atoms with E-state index in [2.05, 4.69) is 22.3 Å². The normalized spacial score (nSPS) is 10.9. The van der Waals surface area contributed by atoms with Gasteiger partial charge < -0.3 is 0 Å². The van der Waals surface area contributed by atoms with E-state index in [1.54, 1.807) is 23.9 Å². The molecule has 0 fully saturated rings. The van der Waals surface area contributed by atoms with Crippen molar-refractivity contribution < 1.29 is 4.39 Å². The third kappa shape index (κ3) is 4.43. The Labute approximate surface area is 172 Å². The molecule has 3 nitrogen and oxygen atoms in total. The Morgan fingerprint density at radius 3 is 2.36 bits per heavy atom. The third-order valence-corrected chi connectivity index (χ3v) is 5.48. The second-order valence-electron chi connectivity index (χ2n) is 6.29. The Balaban J connectivity index is 1.66. The molecule has 0 aliphatic carbocycles. The lowest BCUT2D eigenvalue weighted by molar-refractivity contribution is 0.627. The summed E-state index contributed by atoms with van der Waals surface area (Å²) in [6.45, 7) is 0. The fourth-order valence-corrected chi connectivity index (χ4v) is 4.04. The molecule has 4 rings (SSSR count). The molecule has 1 heterocycles. The number of aromatic nitrogens is 3. The molecule has 3 aromatic carbocycles. The Bertz CT molecular complexity index is 1060. The molecule has 0 N–H and O–H groups in total. The van der Waals surface area contributed by atoms with Crippen LogP contribution in [0.4, 0.5) is 4.39 Å². The lowest BCUT2D eigenvalue weighted by Crippen LogP contribution is -2.04. The van der Waals surface area contributed by atoms with Crippen LogP contribution in [-0.4, -0.2) is 14.8 Å². The molecular formula is C22H17ClFN3S. The van der Waals surface area contributed by atoms with Gasteiger partial charge in [0.15, 0.2) is 5.16 Å². The summed E-state index contributed by atoms with van der Waals surface area (Å²) in [5, 5.41) is 10.3. The van der Waals surface area contributed by atoms with Crippen LogP contribution in [0.3, 0.4) is 0 Å². The van der Waals surface area contributed by atoms with Gasteiger partial charge in [0.25, 0.3) is 0 Å². The first-order chi connectivity index (χ1) is 13.7. The highest BCUT2D eigenvalue weighted by atomic mass is 35.5. The van der Waals surface area contributed by atoms with Crippen molar-refractivity contribution in [3.8, 4) is 5.69 Å². The van der Waals surface area contributed by atoms with E-state index in [0.717, 1.165) is 27.8 Å². The molecule has 0 atom stereocenters. The predicted molar refractivity (Wildman–Crippen MR) is 112 cm³/mol. The van der Waals surface area contributed by atoms with Gasteiger partial charge in [-0.3, -0.25) is 4.57 Å². The minimum atomic E-state index is -0.269.